The first-order chi connectivity index (χ1) is 6.47. The van der Waals surface area contributed by atoms with Crippen molar-refractivity contribution in [3.63, 3.8) is 0 Å². The summed E-state index contributed by atoms with van der Waals surface area (Å²) in [5.74, 6) is 0. The van der Waals surface area contributed by atoms with Crippen LogP contribution in [0.2, 0.25) is 0 Å². The van der Waals surface area contributed by atoms with E-state index in [1.807, 2.05) is 0 Å². The van der Waals surface area contributed by atoms with E-state index >= 15 is 0 Å². The Bertz CT molecular complexity index is 470. The molecule has 0 aliphatic carbocycles. The summed E-state index contributed by atoms with van der Waals surface area (Å²) in [6.45, 7) is 1.74. The summed E-state index contributed by atoms with van der Waals surface area (Å²) in [6, 6.07) is 2.07. The van der Waals surface area contributed by atoms with Crippen molar-refractivity contribution >= 4 is 5.65 Å². The van der Waals surface area contributed by atoms with Gasteiger partial charge in [-0.2, -0.15) is 13.2 Å². The van der Waals surface area contributed by atoms with Crippen LogP contribution in [0.5, 0.6) is 0 Å². The molecule has 2 heterocycles. The van der Waals surface area contributed by atoms with Gasteiger partial charge in [-0.3, -0.25) is 0 Å². The maximum atomic E-state index is 12.3. The monoisotopic (exact) mass is 200 g/mol. The van der Waals surface area contributed by atoms with E-state index < -0.39 is 11.7 Å². The molecule has 0 saturated heterocycles. The van der Waals surface area contributed by atoms with Gasteiger partial charge < -0.3 is 4.40 Å². The Morgan fingerprint density at radius 3 is 2.71 bits per heavy atom. The minimum atomic E-state index is -4.30. The van der Waals surface area contributed by atoms with Gasteiger partial charge in [0, 0.05) is 12.4 Å². The molecular formula is C9H7F3N2. The van der Waals surface area contributed by atoms with E-state index in [1.54, 1.807) is 17.5 Å². The number of hydrogen-bond donors (Lipinski definition) is 0. The SMILES string of the molecule is Cc1cn2ccc(C(F)(F)F)cc2n1. The predicted octanol–water partition coefficient (Wildman–Crippen LogP) is 2.66. The number of rotatable bonds is 0. The average Bonchev–Trinajstić information content (AvgIpc) is 2.41. The fourth-order valence-electron chi connectivity index (χ4n) is 1.29. The molecule has 0 bridgehead atoms. The second kappa shape index (κ2) is 2.73. The summed E-state index contributed by atoms with van der Waals surface area (Å²) in [7, 11) is 0. The zero-order valence-electron chi connectivity index (χ0n) is 7.34. The van der Waals surface area contributed by atoms with E-state index in [4.69, 9.17) is 0 Å². The molecular weight excluding hydrogens is 193 g/mol. The van der Waals surface area contributed by atoms with Crippen molar-refractivity contribution in [2.75, 3.05) is 0 Å². The van der Waals surface area contributed by atoms with E-state index in [1.165, 1.54) is 6.20 Å². The number of nitrogens with zero attached hydrogens (tertiary/aromatic N) is 2. The molecule has 0 atom stereocenters. The zero-order valence-corrected chi connectivity index (χ0v) is 7.34. The molecule has 74 valence electrons. The molecule has 0 unspecified atom stereocenters. The molecule has 0 saturated carbocycles. The second-order valence-electron chi connectivity index (χ2n) is 3.06. The molecule has 0 fully saturated rings. The summed E-state index contributed by atoms with van der Waals surface area (Å²) in [4.78, 5) is 3.95. The van der Waals surface area contributed by atoms with Crippen molar-refractivity contribution in [3.8, 4) is 0 Å². The molecule has 0 aromatic carbocycles. The van der Waals surface area contributed by atoms with Crippen LogP contribution in [-0.2, 0) is 6.18 Å². The van der Waals surface area contributed by atoms with E-state index in [0.717, 1.165) is 12.1 Å². The number of aromatic nitrogens is 2. The maximum Gasteiger partial charge on any atom is 0.416 e. The van der Waals surface area contributed by atoms with Gasteiger partial charge in [-0.15, -0.1) is 0 Å². The molecule has 0 radical (unpaired) electrons. The van der Waals surface area contributed by atoms with E-state index in [-0.39, 0.29) is 0 Å². The number of imidazole rings is 1. The first kappa shape index (κ1) is 9.05. The van der Waals surface area contributed by atoms with Crippen molar-refractivity contribution < 1.29 is 13.2 Å². The summed E-state index contributed by atoms with van der Waals surface area (Å²) in [6.07, 6.45) is -1.27. The van der Waals surface area contributed by atoms with Gasteiger partial charge in [-0.1, -0.05) is 0 Å². The van der Waals surface area contributed by atoms with Crippen LogP contribution in [0.4, 0.5) is 13.2 Å². The Balaban J connectivity index is 2.62. The number of alkyl halides is 3. The van der Waals surface area contributed by atoms with Gasteiger partial charge >= 0.3 is 6.18 Å². The van der Waals surface area contributed by atoms with Crippen LogP contribution in [0, 0.1) is 6.92 Å². The standard InChI is InChI=1S/C9H7F3N2/c1-6-5-14-3-2-7(9(10,11)12)4-8(14)13-6/h2-5H,1H3. The first-order valence-corrected chi connectivity index (χ1v) is 3.99. The number of aryl methyl sites for hydroxylation is 1. The highest BCUT2D eigenvalue weighted by Crippen LogP contribution is 2.29. The quantitative estimate of drug-likeness (QED) is 0.639. The highest BCUT2D eigenvalue weighted by molar-refractivity contribution is 5.43. The minimum absolute atomic E-state index is 0.317. The molecule has 2 rings (SSSR count). The van der Waals surface area contributed by atoms with Gasteiger partial charge in [0.25, 0.3) is 0 Å². The maximum absolute atomic E-state index is 12.3. The third-order valence-corrected chi connectivity index (χ3v) is 1.91. The fraction of sp³-hybridized carbons (Fsp3) is 0.222. The number of fused-ring (bicyclic) bond motifs is 1. The highest BCUT2D eigenvalue weighted by atomic mass is 19.4. The molecule has 5 heteroatoms. The van der Waals surface area contributed by atoms with Crippen molar-refractivity contribution in [1.29, 1.82) is 0 Å². The molecule has 2 aromatic heterocycles. The van der Waals surface area contributed by atoms with Crippen molar-refractivity contribution in [2.24, 2.45) is 0 Å². The van der Waals surface area contributed by atoms with Crippen molar-refractivity contribution in [2.45, 2.75) is 13.1 Å². The lowest BCUT2D eigenvalue weighted by Crippen LogP contribution is -2.05. The summed E-state index contributed by atoms with van der Waals surface area (Å²) in [5, 5.41) is 0. The Morgan fingerprint density at radius 2 is 2.07 bits per heavy atom. The smallest absolute Gasteiger partial charge is 0.307 e. The summed E-state index contributed by atoms with van der Waals surface area (Å²) >= 11 is 0. The minimum Gasteiger partial charge on any atom is -0.307 e. The molecule has 2 aromatic rings. The van der Waals surface area contributed by atoms with Crippen molar-refractivity contribution in [1.82, 2.24) is 9.38 Å². The lowest BCUT2D eigenvalue weighted by molar-refractivity contribution is -0.137. The number of pyridine rings is 1. The lowest BCUT2D eigenvalue weighted by atomic mass is 10.2. The summed E-state index contributed by atoms with van der Waals surface area (Å²) < 4.78 is 38.4. The summed E-state index contributed by atoms with van der Waals surface area (Å²) in [5.41, 5.74) is 0.345. The van der Waals surface area contributed by atoms with Crippen LogP contribution >= 0.6 is 0 Å². The first-order valence-electron chi connectivity index (χ1n) is 3.99. The van der Waals surface area contributed by atoms with Crippen LogP contribution < -0.4 is 0 Å². The van der Waals surface area contributed by atoms with Crippen LogP contribution in [-0.4, -0.2) is 9.38 Å². The van der Waals surface area contributed by atoms with Crippen LogP contribution in [0.1, 0.15) is 11.3 Å². The predicted molar refractivity (Wildman–Crippen MR) is 44.9 cm³/mol. The van der Waals surface area contributed by atoms with E-state index in [0.29, 0.717) is 11.3 Å². The molecule has 0 aliphatic heterocycles. The fourth-order valence-corrected chi connectivity index (χ4v) is 1.29. The third-order valence-electron chi connectivity index (χ3n) is 1.91. The highest BCUT2D eigenvalue weighted by Gasteiger charge is 2.30. The molecule has 0 aliphatic rings. The largest absolute Gasteiger partial charge is 0.416 e. The van der Waals surface area contributed by atoms with Gasteiger partial charge in [-0.25, -0.2) is 4.98 Å². The van der Waals surface area contributed by atoms with Gasteiger partial charge in [0.2, 0.25) is 0 Å². The Kier molecular flexibility index (Phi) is 1.77. The van der Waals surface area contributed by atoms with Crippen LogP contribution in [0.15, 0.2) is 24.5 Å². The van der Waals surface area contributed by atoms with E-state index in [2.05, 4.69) is 4.98 Å². The zero-order chi connectivity index (χ0) is 10.3. The molecule has 2 nitrogen and oxygen atoms in total. The van der Waals surface area contributed by atoms with Gasteiger partial charge in [0.1, 0.15) is 5.65 Å². The Labute approximate surface area is 78.0 Å². The third kappa shape index (κ3) is 1.45. The lowest BCUT2D eigenvalue weighted by Gasteiger charge is -2.05. The van der Waals surface area contributed by atoms with E-state index in [9.17, 15) is 13.2 Å². The van der Waals surface area contributed by atoms with Gasteiger partial charge in [-0.05, 0) is 19.1 Å². The topological polar surface area (TPSA) is 17.3 Å². The molecule has 14 heavy (non-hydrogen) atoms. The second-order valence-corrected chi connectivity index (χ2v) is 3.06. The average molecular weight is 200 g/mol. The van der Waals surface area contributed by atoms with Crippen LogP contribution in [0.25, 0.3) is 5.65 Å². The molecule has 0 N–H and O–H groups in total. The van der Waals surface area contributed by atoms with Gasteiger partial charge in [0.15, 0.2) is 0 Å². The van der Waals surface area contributed by atoms with Gasteiger partial charge in [0.05, 0.1) is 11.3 Å². The van der Waals surface area contributed by atoms with Crippen molar-refractivity contribution in [3.05, 3.63) is 35.8 Å². The normalized spacial score (nSPS) is 12.3. The molecule has 0 amide bonds. The van der Waals surface area contributed by atoms with Crippen LogP contribution in [0.3, 0.4) is 0 Å². The molecule has 0 spiro atoms. The Hall–Kier alpha value is -1.52. The number of halogens is 3. The number of hydrogen-bond acceptors (Lipinski definition) is 1. The Morgan fingerprint density at radius 1 is 1.36 bits per heavy atom.